The first-order valence-electron chi connectivity index (χ1n) is 10.6. The summed E-state index contributed by atoms with van der Waals surface area (Å²) < 4.78 is 24.3. The lowest BCUT2D eigenvalue weighted by atomic mass is 10.1. The maximum Gasteiger partial charge on any atom is 0.238 e. The Labute approximate surface area is 191 Å². The molecule has 4 rings (SSSR count). The van der Waals surface area contributed by atoms with Gasteiger partial charge in [0.05, 0.1) is 36.9 Å². The second-order valence-corrected chi connectivity index (χ2v) is 8.24. The van der Waals surface area contributed by atoms with Gasteiger partial charge in [-0.1, -0.05) is 23.7 Å². The SMILES string of the molecule is O=C(CN1CCN(C(=O)Cc2ccc(F)cc2)CC1)Nc1cc2c(cc1Cl)OCCCO2. The van der Waals surface area contributed by atoms with Crippen molar-refractivity contribution in [2.24, 2.45) is 0 Å². The van der Waals surface area contributed by atoms with Crippen LogP contribution in [0.1, 0.15) is 12.0 Å². The summed E-state index contributed by atoms with van der Waals surface area (Å²) in [6.45, 7) is 3.58. The van der Waals surface area contributed by atoms with Gasteiger partial charge in [-0.2, -0.15) is 0 Å². The number of carbonyl (C=O) groups excluding carboxylic acids is 2. The van der Waals surface area contributed by atoms with Gasteiger partial charge in [0, 0.05) is 44.7 Å². The van der Waals surface area contributed by atoms with Crippen molar-refractivity contribution in [1.82, 2.24) is 9.80 Å². The Balaban J connectivity index is 1.26. The molecule has 1 N–H and O–H groups in total. The highest BCUT2D eigenvalue weighted by Gasteiger charge is 2.23. The Morgan fingerprint density at radius 3 is 2.34 bits per heavy atom. The number of nitrogens with zero attached hydrogens (tertiary/aromatic N) is 2. The molecular formula is C23H25ClFN3O4. The van der Waals surface area contributed by atoms with Crippen molar-refractivity contribution < 1.29 is 23.5 Å². The summed E-state index contributed by atoms with van der Waals surface area (Å²) in [4.78, 5) is 28.8. The van der Waals surface area contributed by atoms with E-state index in [4.69, 9.17) is 21.1 Å². The highest BCUT2D eigenvalue weighted by molar-refractivity contribution is 6.34. The zero-order chi connectivity index (χ0) is 22.5. The Morgan fingerprint density at radius 2 is 1.66 bits per heavy atom. The Kier molecular flexibility index (Phi) is 7.12. The van der Waals surface area contributed by atoms with Crippen LogP contribution in [0.15, 0.2) is 36.4 Å². The summed E-state index contributed by atoms with van der Waals surface area (Å²) in [6, 6.07) is 9.30. The van der Waals surface area contributed by atoms with Crippen molar-refractivity contribution in [3.05, 3.63) is 52.8 Å². The third-order valence-electron chi connectivity index (χ3n) is 5.47. The van der Waals surface area contributed by atoms with E-state index in [0.29, 0.717) is 61.6 Å². The predicted octanol–water partition coefficient (Wildman–Crippen LogP) is 2.97. The molecule has 0 unspecified atom stereocenters. The summed E-state index contributed by atoms with van der Waals surface area (Å²) in [5, 5.41) is 3.23. The number of halogens is 2. The number of hydrogen-bond donors (Lipinski definition) is 1. The molecule has 32 heavy (non-hydrogen) atoms. The topological polar surface area (TPSA) is 71.1 Å². The van der Waals surface area contributed by atoms with Crippen LogP contribution in [0.25, 0.3) is 0 Å². The fourth-order valence-electron chi connectivity index (χ4n) is 3.72. The molecule has 2 aliphatic rings. The fraction of sp³-hybridized carbons (Fsp3) is 0.391. The summed E-state index contributed by atoms with van der Waals surface area (Å²) >= 11 is 6.30. The quantitative estimate of drug-likeness (QED) is 0.741. The molecule has 0 atom stereocenters. The molecular weight excluding hydrogens is 437 g/mol. The lowest BCUT2D eigenvalue weighted by molar-refractivity contribution is -0.132. The standard InChI is InChI=1S/C23H25ClFN3O4/c24-18-13-20-21(32-11-1-10-31-20)14-19(18)26-22(29)15-27-6-8-28(9-7-27)23(30)12-16-2-4-17(25)5-3-16/h2-5,13-14H,1,6-12,15H2,(H,26,29). The van der Waals surface area contributed by atoms with Crippen molar-refractivity contribution in [3.63, 3.8) is 0 Å². The number of ether oxygens (including phenoxy) is 2. The molecule has 2 heterocycles. The second-order valence-electron chi connectivity index (χ2n) is 7.84. The van der Waals surface area contributed by atoms with Crippen LogP contribution >= 0.6 is 11.6 Å². The van der Waals surface area contributed by atoms with Gasteiger partial charge in [0.15, 0.2) is 11.5 Å². The molecule has 2 aliphatic heterocycles. The summed E-state index contributed by atoms with van der Waals surface area (Å²) in [5.41, 5.74) is 1.26. The largest absolute Gasteiger partial charge is 0.490 e. The molecule has 7 nitrogen and oxygen atoms in total. The van der Waals surface area contributed by atoms with Crippen LogP contribution in [-0.4, -0.2) is 67.6 Å². The normalized spacial score (nSPS) is 16.4. The number of rotatable bonds is 5. The van der Waals surface area contributed by atoms with E-state index in [1.54, 1.807) is 29.2 Å². The molecule has 9 heteroatoms. The van der Waals surface area contributed by atoms with Gasteiger partial charge in [0.25, 0.3) is 0 Å². The monoisotopic (exact) mass is 461 g/mol. The number of benzene rings is 2. The molecule has 0 spiro atoms. The number of hydrogen-bond acceptors (Lipinski definition) is 5. The maximum atomic E-state index is 13.0. The van der Waals surface area contributed by atoms with Crippen molar-refractivity contribution >= 4 is 29.1 Å². The van der Waals surface area contributed by atoms with E-state index in [-0.39, 0.29) is 30.6 Å². The van der Waals surface area contributed by atoms with Crippen LogP contribution in [0, 0.1) is 5.82 Å². The van der Waals surface area contributed by atoms with Crippen molar-refractivity contribution in [2.45, 2.75) is 12.8 Å². The van der Waals surface area contributed by atoms with Gasteiger partial charge < -0.3 is 19.7 Å². The Hall–Kier alpha value is -2.84. The molecule has 2 aromatic carbocycles. The second kappa shape index (κ2) is 10.2. The van der Waals surface area contributed by atoms with Gasteiger partial charge in [-0.05, 0) is 17.7 Å². The third kappa shape index (κ3) is 5.69. The van der Waals surface area contributed by atoms with Gasteiger partial charge in [0.2, 0.25) is 11.8 Å². The zero-order valence-electron chi connectivity index (χ0n) is 17.6. The van der Waals surface area contributed by atoms with Crippen LogP contribution in [-0.2, 0) is 16.0 Å². The van der Waals surface area contributed by atoms with Crippen molar-refractivity contribution in [3.8, 4) is 11.5 Å². The van der Waals surface area contributed by atoms with E-state index in [9.17, 15) is 14.0 Å². The minimum atomic E-state index is -0.318. The lowest BCUT2D eigenvalue weighted by Gasteiger charge is -2.34. The van der Waals surface area contributed by atoms with Crippen LogP contribution in [0.3, 0.4) is 0 Å². The molecule has 0 saturated carbocycles. The molecule has 0 aliphatic carbocycles. The molecule has 1 fully saturated rings. The predicted molar refractivity (Wildman–Crippen MR) is 119 cm³/mol. The van der Waals surface area contributed by atoms with Gasteiger partial charge in [-0.25, -0.2) is 4.39 Å². The van der Waals surface area contributed by atoms with Crippen LogP contribution in [0.2, 0.25) is 5.02 Å². The van der Waals surface area contributed by atoms with E-state index in [1.807, 2.05) is 4.90 Å². The first kappa shape index (κ1) is 22.4. The highest BCUT2D eigenvalue weighted by atomic mass is 35.5. The molecule has 1 saturated heterocycles. The maximum absolute atomic E-state index is 13.0. The first-order valence-corrected chi connectivity index (χ1v) is 11.0. The number of nitrogens with one attached hydrogen (secondary N) is 1. The number of carbonyl (C=O) groups is 2. The summed E-state index contributed by atoms with van der Waals surface area (Å²) in [6.07, 6.45) is 1.02. The van der Waals surface area contributed by atoms with Crippen LogP contribution < -0.4 is 14.8 Å². The lowest BCUT2D eigenvalue weighted by Crippen LogP contribution is -2.50. The van der Waals surface area contributed by atoms with Crippen molar-refractivity contribution in [2.75, 3.05) is 51.3 Å². The number of piperazine rings is 1. The smallest absolute Gasteiger partial charge is 0.238 e. The third-order valence-corrected chi connectivity index (χ3v) is 5.78. The molecule has 0 bridgehead atoms. The number of fused-ring (bicyclic) bond motifs is 1. The van der Waals surface area contributed by atoms with E-state index >= 15 is 0 Å². The number of anilines is 1. The fourth-order valence-corrected chi connectivity index (χ4v) is 3.92. The highest BCUT2D eigenvalue weighted by Crippen LogP contribution is 2.37. The molecule has 0 aromatic heterocycles. The van der Waals surface area contributed by atoms with E-state index < -0.39 is 0 Å². The van der Waals surface area contributed by atoms with E-state index in [2.05, 4.69) is 5.32 Å². The summed E-state index contributed by atoms with van der Waals surface area (Å²) in [7, 11) is 0. The first-order chi connectivity index (χ1) is 15.5. The number of amides is 2. The van der Waals surface area contributed by atoms with E-state index in [0.717, 1.165) is 12.0 Å². The van der Waals surface area contributed by atoms with Crippen LogP contribution in [0.4, 0.5) is 10.1 Å². The van der Waals surface area contributed by atoms with Gasteiger partial charge in [0.1, 0.15) is 5.82 Å². The molecule has 170 valence electrons. The zero-order valence-corrected chi connectivity index (χ0v) is 18.4. The Morgan fingerprint density at radius 1 is 1.00 bits per heavy atom. The van der Waals surface area contributed by atoms with Gasteiger partial charge in [-0.15, -0.1) is 0 Å². The van der Waals surface area contributed by atoms with Gasteiger partial charge in [-0.3, -0.25) is 14.5 Å². The Bertz CT molecular complexity index is 978. The molecule has 0 radical (unpaired) electrons. The average molecular weight is 462 g/mol. The average Bonchev–Trinajstić information content (AvgIpc) is 3.01. The van der Waals surface area contributed by atoms with Crippen molar-refractivity contribution in [1.29, 1.82) is 0 Å². The van der Waals surface area contributed by atoms with Gasteiger partial charge >= 0.3 is 0 Å². The van der Waals surface area contributed by atoms with Crippen LogP contribution in [0.5, 0.6) is 11.5 Å². The molecule has 2 amide bonds. The van der Waals surface area contributed by atoms with E-state index in [1.165, 1.54) is 12.1 Å². The summed E-state index contributed by atoms with van der Waals surface area (Å²) in [5.74, 6) is 0.635. The molecule has 2 aromatic rings. The minimum Gasteiger partial charge on any atom is -0.490 e. The minimum absolute atomic E-state index is 0.000289.